The molecular formula is C11H15F3N2O. The Morgan fingerprint density at radius 2 is 2.12 bits per heavy atom. The van der Waals surface area contributed by atoms with Gasteiger partial charge < -0.3 is 10.5 Å². The van der Waals surface area contributed by atoms with Crippen LogP contribution in [-0.2, 0) is 0 Å². The quantitative estimate of drug-likeness (QED) is 0.891. The van der Waals surface area contributed by atoms with Crippen LogP contribution < -0.4 is 10.5 Å². The third-order valence-corrected chi connectivity index (χ3v) is 2.19. The molecule has 1 rings (SSSR count). The van der Waals surface area contributed by atoms with E-state index in [1.165, 1.54) is 6.20 Å². The number of aryl methyl sites for hydroxylation is 1. The van der Waals surface area contributed by atoms with E-state index < -0.39 is 19.2 Å². The lowest BCUT2D eigenvalue weighted by Gasteiger charge is -2.12. The summed E-state index contributed by atoms with van der Waals surface area (Å²) in [7, 11) is 0. The van der Waals surface area contributed by atoms with Gasteiger partial charge in [0.15, 0.2) is 0 Å². The molecule has 3 nitrogen and oxygen atoms in total. The van der Waals surface area contributed by atoms with E-state index in [1.54, 1.807) is 19.9 Å². The van der Waals surface area contributed by atoms with Gasteiger partial charge in [-0.3, -0.25) is 4.98 Å². The van der Waals surface area contributed by atoms with Crippen LogP contribution in [0.3, 0.4) is 0 Å². The van der Waals surface area contributed by atoms with Gasteiger partial charge in [0, 0.05) is 6.04 Å². The Bertz CT molecular complexity index is 377. The fraction of sp³-hybridized carbons (Fsp3) is 0.545. The molecule has 0 amide bonds. The summed E-state index contributed by atoms with van der Waals surface area (Å²) in [6, 6.07) is 1.51. The van der Waals surface area contributed by atoms with E-state index in [9.17, 15) is 13.2 Å². The molecule has 6 heteroatoms. The molecule has 0 bridgehead atoms. The van der Waals surface area contributed by atoms with Crippen LogP contribution in [0.4, 0.5) is 13.2 Å². The number of nitrogens with zero attached hydrogens (tertiary/aromatic N) is 1. The van der Waals surface area contributed by atoms with Crippen molar-refractivity contribution < 1.29 is 17.9 Å². The van der Waals surface area contributed by atoms with Gasteiger partial charge in [-0.2, -0.15) is 13.2 Å². The molecule has 1 aromatic heterocycles. The lowest BCUT2D eigenvalue weighted by molar-refractivity contribution is -0.139. The minimum Gasteiger partial charge on any atom is -0.491 e. The van der Waals surface area contributed by atoms with E-state index in [0.29, 0.717) is 11.4 Å². The molecule has 1 heterocycles. The number of ether oxygens (including phenoxy) is 1. The van der Waals surface area contributed by atoms with Crippen LogP contribution in [0, 0.1) is 6.92 Å². The summed E-state index contributed by atoms with van der Waals surface area (Å²) >= 11 is 0. The van der Waals surface area contributed by atoms with Crippen molar-refractivity contribution in [2.24, 2.45) is 5.73 Å². The second-order valence-corrected chi connectivity index (χ2v) is 3.88. The van der Waals surface area contributed by atoms with Crippen LogP contribution in [0.5, 0.6) is 5.75 Å². The van der Waals surface area contributed by atoms with E-state index in [-0.39, 0.29) is 6.04 Å². The van der Waals surface area contributed by atoms with Gasteiger partial charge in [-0.1, -0.05) is 0 Å². The zero-order valence-electron chi connectivity index (χ0n) is 9.71. The molecule has 0 aromatic carbocycles. The predicted octanol–water partition coefficient (Wildman–Crippen LogP) is 2.74. The van der Waals surface area contributed by atoms with Crippen LogP contribution in [0.15, 0.2) is 12.3 Å². The Hall–Kier alpha value is -1.30. The fourth-order valence-electron chi connectivity index (χ4n) is 1.24. The van der Waals surface area contributed by atoms with Crippen molar-refractivity contribution in [3.8, 4) is 5.75 Å². The third kappa shape index (κ3) is 4.60. The van der Waals surface area contributed by atoms with Crippen LogP contribution in [-0.4, -0.2) is 17.8 Å². The first kappa shape index (κ1) is 13.8. The first-order valence-electron chi connectivity index (χ1n) is 5.21. The zero-order chi connectivity index (χ0) is 13.1. The first-order valence-corrected chi connectivity index (χ1v) is 5.21. The lowest BCUT2D eigenvalue weighted by atomic mass is 10.1. The number of hydrogen-bond acceptors (Lipinski definition) is 3. The van der Waals surface area contributed by atoms with Crippen molar-refractivity contribution >= 4 is 0 Å². The summed E-state index contributed by atoms with van der Waals surface area (Å²) in [5, 5.41) is 0. The molecule has 0 aliphatic carbocycles. The van der Waals surface area contributed by atoms with Crippen molar-refractivity contribution in [2.45, 2.75) is 32.5 Å². The topological polar surface area (TPSA) is 48.1 Å². The average Bonchev–Trinajstić information content (AvgIpc) is 2.18. The molecule has 1 aromatic rings. The second-order valence-electron chi connectivity index (χ2n) is 3.88. The van der Waals surface area contributed by atoms with E-state index in [2.05, 4.69) is 4.98 Å². The van der Waals surface area contributed by atoms with Crippen molar-refractivity contribution in [3.05, 3.63) is 23.5 Å². The highest BCUT2D eigenvalue weighted by molar-refractivity contribution is 5.31. The minimum absolute atomic E-state index is 0.210. The highest BCUT2D eigenvalue weighted by Gasteiger charge is 2.26. The van der Waals surface area contributed by atoms with Crippen LogP contribution in [0.1, 0.15) is 30.6 Å². The summed E-state index contributed by atoms with van der Waals surface area (Å²) in [6.07, 6.45) is -3.76. The maximum Gasteiger partial charge on any atom is 0.392 e. The van der Waals surface area contributed by atoms with Crippen LogP contribution in [0.2, 0.25) is 0 Å². The number of alkyl halides is 3. The summed E-state index contributed by atoms with van der Waals surface area (Å²) in [5.74, 6) is 0.360. The van der Waals surface area contributed by atoms with Gasteiger partial charge in [-0.05, 0) is 25.5 Å². The van der Waals surface area contributed by atoms with Gasteiger partial charge >= 0.3 is 6.18 Å². The second kappa shape index (κ2) is 5.35. The fourth-order valence-corrected chi connectivity index (χ4v) is 1.24. The summed E-state index contributed by atoms with van der Waals surface area (Å²) in [6.45, 7) is 3.13. The first-order chi connectivity index (χ1) is 7.79. The van der Waals surface area contributed by atoms with Gasteiger partial charge in [0.05, 0.1) is 24.9 Å². The molecular weight excluding hydrogens is 233 g/mol. The van der Waals surface area contributed by atoms with Gasteiger partial charge in [-0.25, -0.2) is 0 Å². The molecule has 0 spiro atoms. The summed E-state index contributed by atoms with van der Waals surface area (Å²) in [5.41, 5.74) is 7.05. The molecule has 96 valence electrons. The third-order valence-electron chi connectivity index (χ3n) is 2.19. The molecule has 0 aliphatic heterocycles. The number of pyridine rings is 1. The number of rotatable bonds is 4. The van der Waals surface area contributed by atoms with Gasteiger partial charge in [0.1, 0.15) is 5.75 Å². The summed E-state index contributed by atoms with van der Waals surface area (Å²) < 4.78 is 40.8. The van der Waals surface area contributed by atoms with Crippen LogP contribution >= 0.6 is 0 Å². The van der Waals surface area contributed by atoms with Gasteiger partial charge in [-0.15, -0.1) is 0 Å². The maximum atomic E-state index is 11.9. The number of aromatic nitrogens is 1. The Morgan fingerprint density at radius 3 is 2.59 bits per heavy atom. The smallest absolute Gasteiger partial charge is 0.392 e. The standard InChI is InChI=1S/C11H15F3N2O/c1-7-5-9(8(2)15)16-6-10(7)17-4-3-11(12,13)14/h5-6,8H,3-4,15H2,1-2H3. The van der Waals surface area contributed by atoms with Crippen molar-refractivity contribution in [2.75, 3.05) is 6.61 Å². The summed E-state index contributed by atoms with van der Waals surface area (Å²) in [4.78, 5) is 4.02. The molecule has 0 fully saturated rings. The SMILES string of the molecule is Cc1cc(C(C)N)ncc1OCCC(F)(F)F. The van der Waals surface area contributed by atoms with E-state index in [0.717, 1.165) is 5.56 Å². The molecule has 1 atom stereocenters. The predicted molar refractivity (Wildman–Crippen MR) is 57.7 cm³/mol. The van der Waals surface area contributed by atoms with Gasteiger partial charge in [0.25, 0.3) is 0 Å². The molecule has 0 aliphatic rings. The highest BCUT2D eigenvalue weighted by Crippen LogP contribution is 2.22. The Labute approximate surface area is 97.8 Å². The van der Waals surface area contributed by atoms with Crippen molar-refractivity contribution in [1.29, 1.82) is 0 Å². The van der Waals surface area contributed by atoms with Gasteiger partial charge in [0.2, 0.25) is 0 Å². The number of hydrogen-bond donors (Lipinski definition) is 1. The molecule has 0 radical (unpaired) electrons. The Balaban J connectivity index is 2.61. The highest BCUT2D eigenvalue weighted by atomic mass is 19.4. The molecule has 0 saturated carbocycles. The molecule has 1 unspecified atom stereocenters. The lowest BCUT2D eigenvalue weighted by Crippen LogP contribution is -2.14. The van der Waals surface area contributed by atoms with E-state index in [1.807, 2.05) is 0 Å². The number of halogens is 3. The van der Waals surface area contributed by atoms with Crippen LogP contribution in [0.25, 0.3) is 0 Å². The molecule has 17 heavy (non-hydrogen) atoms. The minimum atomic E-state index is -4.20. The maximum absolute atomic E-state index is 11.9. The Morgan fingerprint density at radius 1 is 1.47 bits per heavy atom. The number of nitrogens with two attached hydrogens (primary N) is 1. The monoisotopic (exact) mass is 248 g/mol. The molecule has 0 saturated heterocycles. The van der Waals surface area contributed by atoms with Crippen molar-refractivity contribution in [1.82, 2.24) is 4.98 Å². The molecule has 2 N–H and O–H groups in total. The Kier molecular flexibility index (Phi) is 4.34. The zero-order valence-corrected chi connectivity index (χ0v) is 9.71. The average molecular weight is 248 g/mol. The van der Waals surface area contributed by atoms with E-state index >= 15 is 0 Å². The normalized spacial score (nSPS) is 13.5. The van der Waals surface area contributed by atoms with Crippen molar-refractivity contribution in [3.63, 3.8) is 0 Å². The van der Waals surface area contributed by atoms with E-state index in [4.69, 9.17) is 10.5 Å². The largest absolute Gasteiger partial charge is 0.491 e.